The van der Waals surface area contributed by atoms with Crippen molar-refractivity contribution in [3.8, 4) is 0 Å². The van der Waals surface area contributed by atoms with Crippen LogP contribution in [-0.2, 0) is 4.74 Å². The van der Waals surface area contributed by atoms with Crippen LogP contribution in [0.25, 0.3) is 0 Å². The van der Waals surface area contributed by atoms with Crippen molar-refractivity contribution in [3.05, 3.63) is 18.0 Å². The number of alkyl carbamates (subject to hydrolysis) is 1. The Morgan fingerprint density at radius 1 is 1.43 bits per heavy atom. The van der Waals surface area contributed by atoms with E-state index in [1.807, 2.05) is 20.8 Å². The first kappa shape index (κ1) is 17.2. The van der Waals surface area contributed by atoms with Gasteiger partial charge in [0.05, 0.1) is 6.61 Å². The van der Waals surface area contributed by atoms with Gasteiger partial charge in [-0.3, -0.25) is 4.79 Å². The second kappa shape index (κ2) is 7.39. The lowest BCUT2D eigenvalue weighted by molar-refractivity contribution is 0.111. The van der Waals surface area contributed by atoms with Gasteiger partial charge in [0, 0.05) is 24.8 Å². The van der Waals surface area contributed by atoms with E-state index in [9.17, 15) is 9.59 Å². The number of hydrogen-bond donors (Lipinski definition) is 1. The Morgan fingerprint density at radius 2 is 2.13 bits per heavy atom. The molecule has 1 aromatic rings. The number of rotatable bonds is 4. The predicted octanol–water partition coefficient (Wildman–Crippen LogP) is 2.03. The molecule has 0 atom stereocenters. The van der Waals surface area contributed by atoms with Gasteiger partial charge in [-0.2, -0.15) is 0 Å². The summed E-state index contributed by atoms with van der Waals surface area (Å²) in [5.74, 6) is 0.922. The Kier molecular flexibility index (Phi) is 5.52. The van der Waals surface area contributed by atoms with E-state index in [1.54, 1.807) is 12.3 Å². The lowest BCUT2D eigenvalue weighted by atomic mass is 9.98. The fraction of sp³-hybridized carbons (Fsp3) is 0.625. The smallest absolute Gasteiger partial charge is 0.407 e. The number of carbonyl (C=O) groups excluding carboxylic acids is 2. The van der Waals surface area contributed by atoms with Crippen molar-refractivity contribution in [3.63, 3.8) is 0 Å². The number of hydrogen-bond acceptors (Lipinski definition) is 6. The zero-order valence-electron chi connectivity index (χ0n) is 13.9. The number of ether oxygens (including phenoxy) is 1. The molecule has 7 nitrogen and oxygen atoms in total. The maximum atomic E-state index is 11.7. The molecule has 126 valence electrons. The van der Waals surface area contributed by atoms with Crippen LogP contribution < -0.4 is 10.2 Å². The summed E-state index contributed by atoms with van der Waals surface area (Å²) in [5.41, 5.74) is 0.0980. The summed E-state index contributed by atoms with van der Waals surface area (Å²) in [7, 11) is 0. The molecular formula is C16H24N4O3. The number of anilines is 1. The summed E-state index contributed by atoms with van der Waals surface area (Å²) >= 11 is 0. The molecule has 7 heteroatoms. The van der Waals surface area contributed by atoms with E-state index < -0.39 is 0 Å². The van der Waals surface area contributed by atoms with Crippen LogP contribution in [0.15, 0.2) is 12.3 Å². The summed E-state index contributed by atoms with van der Waals surface area (Å²) in [6.07, 6.45) is 3.74. The molecule has 1 aliphatic heterocycles. The van der Waals surface area contributed by atoms with Crippen LogP contribution in [0.1, 0.15) is 44.1 Å². The zero-order chi connectivity index (χ0) is 16.9. The maximum absolute atomic E-state index is 11.7. The Bertz CT molecular complexity index is 549. The van der Waals surface area contributed by atoms with E-state index in [1.165, 1.54) is 0 Å². The van der Waals surface area contributed by atoms with E-state index in [-0.39, 0.29) is 11.6 Å². The molecule has 2 heterocycles. The predicted molar refractivity (Wildman–Crippen MR) is 86.6 cm³/mol. The van der Waals surface area contributed by atoms with Crippen molar-refractivity contribution in [2.24, 2.45) is 5.92 Å². The molecule has 0 spiro atoms. The van der Waals surface area contributed by atoms with Crippen LogP contribution in [0.3, 0.4) is 0 Å². The minimum absolute atomic E-state index is 0.290. The summed E-state index contributed by atoms with van der Waals surface area (Å²) in [6, 6.07) is 1.59. The van der Waals surface area contributed by atoms with Gasteiger partial charge in [-0.1, -0.05) is 0 Å². The van der Waals surface area contributed by atoms with E-state index in [2.05, 4.69) is 20.2 Å². The third kappa shape index (κ3) is 5.50. The van der Waals surface area contributed by atoms with Gasteiger partial charge in [0.2, 0.25) is 5.95 Å². The van der Waals surface area contributed by atoms with Crippen LogP contribution in [0, 0.1) is 5.92 Å². The molecule has 0 aliphatic carbocycles. The van der Waals surface area contributed by atoms with Crippen molar-refractivity contribution >= 4 is 18.3 Å². The van der Waals surface area contributed by atoms with E-state index >= 15 is 0 Å². The Balaban J connectivity index is 1.77. The lowest BCUT2D eigenvalue weighted by Crippen LogP contribution is -2.42. The first-order chi connectivity index (χ1) is 10.9. The number of amides is 1. The second-order valence-corrected chi connectivity index (χ2v) is 6.80. The molecule has 1 amide bonds. The normalized spacial score (nSPS) is 16.0. The first-order valence-corrected chi connectivity index (χ1v) is 7.85. The van der Waals surface area contributed by atoms with Crippen LogP contribution >= 0.6 is 0 Å². The molecule has 1 N–H and O–H groups in total. The van der Waals surface area contributed by atoms with Crippen molar-refractivity contribution in [1.82, 2.24) is 15.3 Å². The number of nitrogens with zero attached hydrogens (tertiary/aromatic N) is 3. The minimum atomic E-state index is -0.373. The van der Waals surface area contributed by atoms with Gasteiger partial charge in [0.1, 0.15) is 5.69 Å². The molecular weight excluding hydrogens is 296 g/mol. The van der Waals surface area contributed by atoms with Crippen molar-refractivity contribution < 1.29 is 14.3 Å². The average Bonchev–Trinajstić information content (AvgIpc) is 2.52. The minimum Gasteiger partial charge on any atom is -0.449 e. The Labute approximate surface area is 136 Å². The SMILES string of the molecule is CC(C)(C)NC(=O)OCC1CCN(c2nccc(C=O)n2)CC1. The monoisotopic (exact) mass is 320 g/mol. The summed E-state index contributed by atoms with van der Waals surface area (Å²) in [6.45, 7) is 7.75. The van der Waals surface area contributed by atoms with Gasteiger partial charge >= 0.3 is 6.09 Å². The summed E-state index contributed by atoms with van der Waals surface area (Å²) in [4.78, 5) is 32.9. The zero-order valence-corrected chi connectivity index (χ0v) is 13.9. The van der Waals surface area contributed by atoms with Crippen LogP contribution in [0.4, 0.5) is 10.7 Å². The van der Waals surface area contributed by atoms with Crippen LogP contribution in [-0.4, -0.2) is 47.6 Å². The van der Waals surface area contributed by atoms with Gasteiger partial charge in [-0.05, 0) is 45.6 Å². The Hall–Kier alpha value is -2.18. The Morgan fingerprint density at radius 3 is 2.74 bits per heavy atom. The number of carbonyl (C=O) groups is 2. The number of aldehydes is 1. The highest BCUT2D eigenvalue weighted by Gasteiger charge is 2.23. The van der Waals surface area contributed by atoms with Gasteiger partial charge in [-0.15, -0.1) is 0 Å². The van der Waals surface area contributed by atoms with Crippen LogP contribution in [0.5, 0.6) is 0 Å². The molecule has 2 rings (SSSR count). The molecule has 0 unspecified atom stereocenters. The molecule has 1 aromatic heterocycles. The molecule has 0 aromatic carbocycles. The molecule has 0 radical (unpaired) electrons. The maximum Gasteiger partial charge on any atom is 0.407 e. The standard InChI is InChI=1S/C16H24N4O3/c1-16(2,3)19-15(22)23-11-12-5-8-20(9-6-12)14-17-7-4-13(10-21)18-14/h4,7,10,12H,5-6,8-9,11H2,1-3H3,(H,19,22). The van der Waals surface area contributed by atoms with Gasteiger partial charge < -0.3 is 15.0 Å². The van der Waals surface area contributed by atoms with Crippen molar-refractivity contribution in [2.75, 3.05) is 24.6 Å². The van der Waals surface area contributed by atoms with E-state index in [4.69, 9.17) is 4.74 Å². The summed E-state index contributed by atoms with van der Waals surface area (Å²) < 4.78 is 5.29. The first-order valence-electron chi connectivity index (χ1n) is 7.85. The fourth-order valence-corrected chi connectivity index (χ4v) is 2.42. The highest BCUT2D eigenvalue weighted by molar-refractivity contribution is 5.72. The third-order valence-electron chi connectivity index (χ3n) is 3.61. The van der Waals surface area contributed by atoms with Gasteiger partial charge in [0.15, 0.2) is 6.29 Å². The number of nitrogens with one attached hydrogen (secondary N) is 1. The number of aromatic nitrogens is 2. The van der Waals surface area contributed by atoms with Crippen molar-refractivity contribution in [1.29, 1.82) is 0 Å². The quantitative estimate of drug-likeness (QED) is 0.855. The van der Waals surface area contributed by atoms with E-state index in [0.29, 0.717) is 24.2 Å². The van der Waals surface area contributed by atoms with Gasteiger partial charge in [-0.25, -0.2) is 14.8 Å². The second-order valence-electron chi connectivity index (χ2n) is 6.80. The highest BCUT2D eigenvalue weighted by atomic mass is 16.5. The molecule has 23 heavy (non-hydrogen) atoms. The molecule has 0 saturated carbocycles. The fourth-order valence-electron chi connectivity index (χ4n) is 2.42. The van der Waals surface area contributed by atoms with Crippen LogP contribution in [0.2, 0.25) is 0 Å². The molecule has 0 bridgehead atoms. The van der Waals surface area contributed by atoms with Crippen molar-refractivity contribution in [2.45, 2.75) is 39.2 Å². The topological polar surface area (TPSA) is 84.4 Å². The van der Waals surface area contributed by atoms with E-state index in [0.717, 1.165) is 32.2 Å². The molecule has 1 fully saturated rings. The molecule has 1 aliphatic rings. The highest BCUT2D eigenvalue weighted by Crippen LogP contribution is 2.21. The largest absolute Gasteiger partial charge is 0.449 e. The van der Waals surface area contributed by atoms with Gasteiger partial charge in [0.25, 0.3) is 0 Å². The average molecular weight is 320 g/mol. The number of piperidine rings is 1. The third-order valence-corrected chi connectivity index (χ3v) is 3.61. The summed E-state index contributed by atoms with van der Waals surface area (Å²) in [5, 5.41) is 2.78. The lowest BCUT2D eigenvalue weighted by Gasteiger charge is -2.31. The molecule has 1 saturated heterocycles.